The zero-order valence-electron chi connectivity index (χ0n) is 12.1. The molecule has 1 amide bonds. The van der Waals surface area contributed by atoms with Crippen LogP contribution in [-0.4, -0.2) is 15.9 Å². The Morgan fingerprint density at radius 3 is 2.82 bits per heavy atom. The summed E-state index contributed by atoms with van der Waals surface area (Å²) < 4.78 is 0. The molecule has 0 fully saturated rings. The van der Waals surface area contributed by atoms with E-state index in [0.717, 1.165) is 5.56 Å². The molecule has 0 aliphatic carbocycles. The molecule has 2 aromatic carbocycles. The molecule has 3 rings (SSSR count). The van der Waals surface area contributed by atoms with Gasteiger partial charge in [0.15, 0.2) is 0 Å². The van der Waals surface area contributed by atoms with Gasteiger partial charge in [-0.05, 0) is 36.8 Å². The Bertz CT molecular complexity index is 900. The lowest BCUT2D eigenvalue weighted by Gasteiger charge is -2.06. The monoisotopic (exact) mass is 293 g/mol. The van der Waals surface area contributed by atoms with Crippen molar-refractivity contribution >= 4 is 22.6 Å². The normalized spacial score (nSPS) is 10.6. The third-order valence-corrected chi connectivity index (χ3v) is 3.30. The molecule has 3 aromatic rings. The number of aryl methyl sites for hydroxylation is 1. The van der Waals surface area contributed by atoms with Gasteiger partial charge in [0.05, 0.1) is 17.5 Å². The molecule has 0 aliphatic heterocycles. The highest BCUT2D eigenvalue weighted by Gasteiger charge is 2.10. The van der Waals surface area contributed by atoms with Gasteiger partial charge in [0.25, 0.3) is 5.56 Å². The van der Waals surface area contributed by atoms with E-state index in [1.165, 1.54) is 0 Å². The van der Waals surface area contributed by atoms with Gasteiger partial charge in [0.1, 0.15) is 5.69 Å². The molecule has 0 bridgehead atoms. The molecular weight excluding hydrogens is 278 g/mol. The first-order valence-corrected chi connectivity index (χ1v) is 6.96. The Kier molecular flexibility index (Phi) is 3.70. The van der Waals surface area contributed by atoms with E-state index < -0.39 is 0 Å². The highest BCUT2D eigenvalue weighted by Crippen LogP contribution is 2.10. The lowest BCUT2D eigenvalue weighted by Crippen LogP contribution is -2.22. The summed E-state index contributed by atoms with van der Waals surface area (Å²) >= 11 is 0. The molecule has 0 saturated carbocycles. The Balaban J connectivity index is 1.82. The topological polar surface area (TPSA) is 74.8 Å². The van der Waals surface area contributed by atoms with Crippen molar-refractivity contribution in [2.75, 3.05) is 5.32 Å². The van der Waals surface area contributed by atoms with Crippen LogP contribution in [0.1, 0.15) is 11.3 Å². The van der Waals surface area contributed by atoms with E-state index in [1.807, 2.05) is 43.3 Å². The fraction of sp³-hybridized carbons (Fsp3) is 0.118. The van der Waals surface area contributed by atoms with Crippen LogP contribution in [0.4, 0.5) is 5.69 Å². The minimum Gasteiger partial charge on any atom is -0.326 e. The fourth-order valence-electron chi connectivity index (χ4n) is 2.27. The summed E-state index contributed by atoms with van der Waals surface area (Å²) in [7, 11) is 0. The number of hydrogen-bond donors (Lipinski definition) is 2. The number of rotatable bonds is 3. The molecule has 5 heteroatoms. The van der Waals surface area contributed by atoms with E-state index in [9.17, 15) is 9.59 Å². The molecule has 1 heterocycles. The van der Waals surface area contributed by atoms with Crippen molar-refractivity contribution in [3.8, 4) is 0 Å². The molecule has 0 saturated heterocycles. The smallest absolute Gasteiger partial charge is 0.270 e. The van der Waals surface area contributed by atoms with Crippen molar-refractivity contribution in [2.45, 2.75) is 13.3 Å². The zero-order valence-corrected chi connectivity index (χ0v) is 12.1. The summed E-state index contributed by atoms with van der Waals surface area (Å²) in [4.78, 5) is 31.1. The van der Waals surface area contributed by atoms with Crippen LogP contribution in [0, 0.1) is 6.92 Å². The lowest BCUT2D eigenvalue weighted by molar-refractivity contribution is -0.115. The van der Waals surface area contributed by atoms with Crippen molar-refractivity contribution in [2.24, 2.45) is 0 Å². The Hall–Kier alpha value is -2.95. The lowest BCUT2D eigenvalue weighted by atomic mass is 10.2. The Morgan fingerprint density at radius 1 is 1.18 bits per heavy atom. The number of hydrogen-bond acceptors (Lipinski definition) is 3. The SMILES string of the molecule is Cc1cccc(NC(=O)Cc2nc3ccccc3[nH]c2=O)c1. The van der Waals surface area contributed by atoms with Crippen LogP contribution >= 0.6 is 0 Å². The average molecular weight is 293 g/mol. The maximum atomic E-state index is 12.1. The van der Waals surface area contributed by atoms with E-state index in [0.29, 0.717) is 16.7 Å². The Labute approximate surface area is 127 Å². The summed E-state index contributed by atoms with van der Waals surface area (Å²) in [6, 6.07) is 14.7. The summed E-state index contributed by atoms with van der Waals surface area (Å²) in [5.41, 5.74) is 2.97. The second-order valence-corrected chi connectivity index (χ2v) is 5.12. The Morgan fingerprint density at radius 2 is 2.00 bits per heavy atom. The molecule has 0 unspecified atom stereocenters. The molecule has 0 aliphatic rings. The number of nitrogens with one attached hydrogen (secondary N) is 2. The molecule has 110 valence electrons. The maximum absolute atomic E-state index is 12.1. The number of aromatic nitrogens is 2. The van der Waals surface area contributed by atoms with Gasteiger partial charge in [-0.2, -0.15) is 0 Å². The molecule has 1 aromatic heterocycles. The van der Waals surface area contributed by atoms with Gasteiger partial charge in [-0.3, -0.25) is 9.59 Å². The minimum atomic E-state index is -0.335. The molecule has 22 heavy (non-hydrogen) atoms. The van der Waals surface area contributed by atoms with Crippen molar-refractivity contribution in [1.82, 2.24) is 9.97 Å². The predicted molar refractivity (Wildman–Crippen MR) is 85.9 cm³/mol. The highest BCUT2D eigenvalue weighted by molar-refractivity contribution is 5.92. The number of fused-ring (bicyclic) bond motifs is 1. The van der Waals surface area contributed by atoms with Crippen LogP contribution in [-0.2, 0) is 11.2 Å². The van der Waals surface area contributed by atoms with E-state index in [-0.39, 0.29) is 23.6 Å². The average Bonchev–Trinajstić information content (AvgIpc) is 2.48. The van der Waals surface area contributed by atoms with Gasteiger partial charge in [-0.25, -0.2) is 4.98 Å². The van der Waals surface area contributed by atoms with E-state index in [2.05, 4.69) is 15.3 Å². The van der Waals surface area contributed by atoms with Crippen molar-refractivity contribution in [3.63, 3.8) is 0 Å². The van der Waals surface area contributed by atoms with Crippen LogP contribution < -0.4 is 10.9 Å². The molecule has 0 radical (unpaired) electrons. The van der Waals surface area contributed by atoms with Gasteiger partial charge < -0.3 is 10.3 Å². The zero-order chi connectivity index (χ0) is 15.5. The predicted octanol–water partition coefficient (Wildman–Crippen LogP) is 2.41. The maximum Gasteiger partial charge on any atom is 0.270 e. The third kappa shape index (κ3) is 3.03. The van der Waals surface area contributed by atoms with Crippen LogP contribution in [0.25, 0.3) is 11.0 Å². The van der Waals surface area contributed by atoms with Gasteiger partial charge in [0, 0.05) is 5.69 Å². The van der Waals surface area contributed by atoms with E-state index in [4.69, 9.17) is 0 Å². The minimum absolute atomic E-state index is 0.0614. The largest absolute Gasteiger partial charge is 0.326 e. The highest BCUT2D eigenvalue weighted by atomic mass is 16.2. The number of H-pyrrole nitrogens is 1. The van der Waals surface area contributed by atoms with Crippen molar-refractivity contribution in [1.29, 1.82) is 0 Å². The molecular formula is C17H15N3O2. The molecule has 0 atom stereocenters. The van der Waals surface area contributed by atoms with Gasteiger partial charge in [-0.1, -0.05) is 24.3 Å². The summed E-state index contributed by atoms with van der Waals surface area (Å²) in [5, 5.41) is 2.77. The van der Waals surface area contributed by atoms with Crippen LogP contribution in [0.2, 0.25) is 0 Å². The number of para-hydroxylation sites is 2. The number of carbonyl (C=O) groups excluding carboxylic acids is 1. The van der Waals surface area contributed by atoms with Crippen LogP contribution in [0.15, 0.2) is 53.3 Å². The molecule has 5 nitrogen and oxygen atoms in total. The van der Waals surface area contributed by atoms with Crippen LogP contribution in [0.3, 0.4) is 0 Å². The second kappa shape index (κ2) is 5.81. The van der Waals surface area contributed by atoms with Crippen molar-refractivity contribution < 1.29 is 4.79 Å². The van der Waals surface area contributed by atoms with Gasteiger partial charge in [0.2, 0.25) is 5.91 Å². The first kappa shape index (κ1) is 14.0. The first-order valence-electron chi connectivity index (χ1n) is 6.96. The van der Waals surface area contributed by atoms with E-state index >= 15 is 0 Å². The third-order valence-electron chi connectivity index (χ3n) is 3.30. The van der Waals surface area contributed by atoms with E-state index in [1.54, 1.807) is 12.1 Å². The number of anilines is 1. The fourth-order valence-corrected chi connectivity index (χ4v) is 2.27. The van der Waals surface area contributed by atoms with Gasteiger partial charge in [-0.15, -0.1) is 0 Å². The second-order valence-electron chi connectivity index (χ2n) is 5.12. The number of aromatic amines is 1. The summed E-state index contributed by atoms with van der Waals surface area (Å²) in [5.74, 6) is -0.265. The quantitative estimate of drug-likeness (QED) is 0.778. The number of nitrogens with zero attached hydrogens (tertiary/aromatic N) is 1. The van der Waals surface area contributed by atoms with Gasteiger partial charge >= 0.3 is 0 Å². The van der Waals surface area contributed by atoms with Crippen molar-refractivity contribution in [3.05, 3.63) is 70.1 Å². The summed E-state index contributed by atoms with van der Waals surface area (Å²) in [6.45, 7) is 1.95. The number of benzene rings is 2. The first-order chi connectivity index (χ1) is 10.6. The number of amides is 1. The standard InChI is InChI=1S/C17H15N3O2/c1-11-5-4-6-12(9-11)18-16(21)10-15-17(22)20-14-8-3-2-7-13(14)19-15/h2-9H,10H2,1H3,(H,18,21)(H,20,22). The molecule has 2 N–H and O–H groups in total. The molecule has 0 spiro atoms. The van der Waals surface area contributed by atoms with Crippen LogP contribution in [0.5, 0.6) is 0 Å². The number of carbonyl (C=O) groups is 1. The summed E-state index contributed by atoms with van der Waals surface area (Å²) in [6.07, 6.45) is -0.0614.